The van der Waals surface area contributed by atoms with Crippen LogP contribution in [0.25, 0.3) is 0 Å². The van der Waals surface area contributed by atoms with Crippen LogP contribution in [0.1, 0.15) is 17.5 Å². The molecule has 0 aromatic heterocycles. The lowest BCUT2D eigenvalue weighted by Gasteiger charge is -2.20. The van der Waals surface area contributed by atoms with Crippen LogP contribution in [0.4, 0.5) is 0 Å². The molecule has 2 nitrogen and oxygen atoms in total. The van der Waals surface area contributed by atoms with Crippen molar-refractivity contribution in [3.63, 3.8) is 0 Å². The molecule has 0 bridgehead atoms. The highest BCUT2D eigenvalue weighted by Crippen LogP contribution is 2.29. The van der Waals surface area contributed by atoms with Gasteiger partial charge >= 0.3 is 0 Å². The summed E-state index contributed by atoms with van der Waals surface area (Å²) in [7, 11) is 1.94. The monoisotopic (exact) mass is 337 g/mol. The Labute approximate surface area is 142 Å². The average Bonchev–Trinajstić information content (AvgIpc) is 2.50. The van der Waals surface area contributed by atoms with Crippen LogP contribution in [0, 0.1) is 6.92 Å². The number of benzene rings is 2. The van der Waals surface area contributed by atoms with Crippen molar-refractivity contribution < 1.29 is 4.74 Å². The molecule has 2 aromatic rings. The molecule has 0 unspecified atom stereocenters. The van der Waals surface area contributed by atoms with Gasteiger partial charge in [0, 0.05) is 17.5 Å². The summed E-state index contributed by atoms with van der Waals surface area (Å²) in [5.41, 5.74) is 2.51. The number of aryl methyl sites for hydroxylation is 1. The van der Waals surface area contributed by atoms with Gasteiger partial charge in [0.2, 0.25) is 0 Å². The molecule has 2 aromatic carbocycles. The Morgan fingerprint density at radius 1 is 1.09 bits per heavy atom. The summed E-state index contributed by atoms with van der Waals surface area (Å²) in [4.78, 5) is 0. The number of ether oxygens (including phenoxy) is 1. The van der Waals surface area contributed by atoms with Crippen LogP contribution in [0.2, 0.25) is 10.0 Å². The van der Waals surface area contributed by atoms with Gasteiger partial charge in [0.1, 0.15) is 11.9 Å². The van der Waals surface area contributed by atoms with E-state index in [-0.39, 0.29) is 6.10 Å². The Morgan fingerprint density at radius 3 is 2.50 bits per heavy atom. The molecule has 1 N–H and O–H groups in total. The molecule has 0 aliphatic rings. The maximum atomic E-state index is 6.20. The largest absolute Gasteiger partial charge is 0.488 e. The van der Waals surface area contributed by atoms with Crippen molar-refractivity contribution in [3.05, 3.63) is 63.6 Å². The van der Waals surface area contributed by atoms with Crippen molar-refractivity contribution in [2.45, 2.75) is 25.9 Å². The van der Waals surface area contributed by atoms with Crippen LogP contribution in [-0.4, -0.2) is 19.7 Å². The maximum absolute atomic E-state index is 6.20. The summed E-state index contributed by atoms with van der Waals surface area (Å²) >= 11 is 12.2. The molecule has 0 spiro atoms. The van der Waals surface area contributed by atoms with Crippen LogP contribution >= 0.6 is 23.2 Å². The summed E-state index contributed by atoms with van der Waals surface area (Å²) in [6.07, 6.45) is 1.78. The first kappa shape index (κ1) is 17.1. The number of nitrogens with one attached hydrogen (secondary N) is 1. The predicted octanol–water partition coefficient (Wildman–Crippen LogP) is 4.90. The Balaban J connectivity index is 2.11. The van der Waals surface area contributed by atoms with Gasteiger partial charge in [-0.1, -0.05) is 53.0 Å². The summed E-state index contributed by atoms with van der Waals surface area (Å²) in [5.74, 6) is 0.641. The fraction of sp³-hybridized carbons (Fsp3) is 0.333. The number of hydrogen-bond acceptors (Lipinski definition) is 2. The first-order chi connectivity index (χ1) is 10.6. The van der Waals surface area contributed by atoms with Crippen molar-refractivity contribution in [1.82, 2.24) is 5.32 Å². The first-order valence-electron chi connectivity index (χ1n) is 7.40. The van der Waals surface area contributed by atoms with E-state index in [0.717, 1.165) is 19.4 Å². The topological polar surface area (TPSA) is 21.3 Å². The van der Waals surface area contributed by atoms with Gasteiger partial charge in [-0.25, -0.2) is 0 Å². The van der Waals surface area contributed by atoms with Crippen molar-refractivity contribution in [3.8, 4) is 5.75 Å². The minimum Gasteiger partial charge on any atom is -0.488 e. The molecule has 0 fully saturated rings. The average molecular weight is 338 g/mol. The highest BCUT2D eigenvalue weighted by atomic mass is 35.5. The Bertz CT molecular complexity index is 599. The van der Waals surface area contributed by atoms with E-state index >= 15 is 0 Å². The third-order valence-corrected chi connectivity index (χ3v) is 4.03. The predicted molar refractivity (Wildman–Crippen MR) is 94.3 cm³/mol. The van der Waals surface area contributed by atoms with E-state index in [4.69, 9.17) is 27.9 Å². The molecule has 118 valence electrons. The Morgan fingerprint density at radius 2 is 1.82 bits per heavy atom. The lowest BCUT2D eigenvalue weighted by atomic mass is 10.0. The number of hydrogen-bond donors (Lipinski definition) is 1. The van der Waals surface area contributed by atoms with E-state index < -0.39 is 0 Å². The van der Waals surface area contributed by atoms with Crippen molar-refractivity contribution in [2.24, 2.45) is 0 Å². The van der Waals surface area contributed by atoms with Crippen LogP contribution in [0.5, 0.6) is 5.75 Å². The minimum atomic E-state index is 0.0473. The zero-order chi connectivity index (χ0) is 15.9. The van der Waals surface area contributed by atoms with Gasteiger partial charge in [0.25, 0.3) is 0 Å². The summed E-state index contributed by atoms with van der Waals surface area (Å²) < 4.78 is 6.11. The van der Waals surface area contributed by atoms with Crippen LogP contribution in [0.3, 0.4) is 0 Å². The second kappa shape index (κ2) is 8.42. The van der Waals surface area contributed by atoms with Gasteiger partial charge in [-0.2, -0.15) is 0 Å². The van der Waals surface area contributed by atoms with Gasteiger partial charge < -0.3 is 10.1 Å². The fourth-order valence-corrected chi connectivity index (χ4v) is 2.57. The number of rotatable bonds is 7. The standard InChI is InChI=1S/C18H21Cl2NO/c1-13-3-5-14(6-4-13)11-16(9-10-21-2)22-18-12-15(19)7-8-17(18)20/h3-8,12,16,21H,9-11H2,1-2H3/t16-/m0/s1. The quantitative estimate of drug-likeness (QED) is 0.775. The molecule has 0 aliphatic carbocycles. The molecule has 1 atom stereocenters. The molecular weight excluding hydrogens is 317 g/mol. The second-order valence-electron chi connectivity index (χ2n) is 5.40. The van der Waals surface area contributed by atoms with Gasteiger partial charge in [-0.15, -0.1) is 0 Å². The van der Waals surface area contributed by atoms with E-state index in [1.807, 2.05) is 7.05 Å². The highest BCUT2D eigenvalue weighted by molar-refractivity contribution is 6.34. The summed E-state index contributed by atoms with van der Waals surface area (Å²) in [6, 6.07) is 13.8. The normalized spacial score (nSPS) is 12.2. The lowest BCUT2D eigenvalue weighted by molar-refractivity contribution is 0.191. The van der Waals surface area contributed by atoms with E-state index in [9.17, 15) is 0 Å². The Kier molecular flexibility index (Phi) is 6.56. The number of halogens is 2. The Hall–Kier alpha value is -1.22. The fourth-order valence-electron chi connectivity index (χ4n) is 2.24. The molecule has 0 saturated carbocycles. The molecule has 0 radical (unpaired) electrons. The van der Waals surface area contributed by atoms with E-state index in [1.165, 1.54) is 11.1 Å². The summed E-state index contributed by atoms with van der Waals surface area (Å²) in [5, 5.41) is 4.38. The molecule has 2 rings (SSSR count). The lowest BCUT2D eigenvalue weighted by Crippen LogP contribution is -2.25. The van der Waals surface area contributed by atoms with E-state index in [0.29, 0.717) is 15.8 Å². The maximum Gasteiger partial charge on any atom is 0.139 e. The van der Waals surface area contributed by atoms with Crippen LogP contribution in [-0.2, 0) is 6.42 Å². The molecular formula is C18H21Cl2NO. The third-order valence-electron chi connectivity index (χ3n) is 3.49. The van der Waals surface area contributed by atoms with Crippen LogP contribution < -0.4 is 10.1 Å². The van der Waals surface area contributed by atoms with Gasteiger partial charge in [0.05, 0.1) is 5.02 Å². The van der Waals surface area contributed by atoms with E-state index in [2.05, 4.69) is 36.5 Å². The van der Waals surface area contributed by atoms with Crippen molar-refractivity contribution >= 4 is 23.2 Å². The molecule has 0 saturated heterocycles. The molecule has 0 amide bonds. The minimum absolute atomic E-state index is 0.0473. The van der Waals surface area contributed by atoms with Crippen molar-refractivity contribution in [1.29, 1.82) is 0 Å². The SMILES string of the molecule is CNCC[C@@H](Cc1ccc(C)cc1)Oc1cc(Cl)ccc1Cl. The van der Waals surface area contributed by atoms with Gasteiger partial charge in [0.15, 0.2) is 0 Å². The van der Waals surface area contributed by atoms with Gasteiger partial charge in [-0.3, -0.25) is 0 Å². The second-order valence-corrected chi connectivity index (χ2v) is 6.24. The highest BCUT2D eigenvalue weighted by Gasteiger charge is 2.14. The van der Waals surface area contributed by atoms with Crippen molar-refractivity contribution in [2.75, 3.05) is 13.6 Å². The van der Waals surface area contributed by atoms with Gasteiger partial charge in [-0.05, 0) is 44.6 Å². The third kappa shape index (κ3) is 5.20. The zero-order valence-electron chi connectivity index (χ0n) is 12.9. The van der Waals surface area contributed by atoms with Crippen LogP contribution in [0.15, 0.2) is 42.5 Å². The molecule has 0 aliphatic heterocycles. The molecule has 0 heterocycles. The molecule has 4 heteroatoms. The molecule has 22 heavy (non-hydrogen) atoms. The first-order valence-corrected chi connectivity index (χ1v) is 8.16. The summed E-state index contributed by atoms with van der Waals surface area (Å²) in [6.45, 7) is 2.97. The van der Waals surface area contributed by atoms with E-state index in [1.54, 1.807) is 18.2 Å². The smallest absolute Gasteiger partial charge is 0.139 e. The zero-order valence-corrected chi connectivity index (χ0v) is 14.4.